The fraction of sp³-hybridized carbons (Fsp3) is 1.00. The molecule has 0 aromatic carbocycles. The molecule has 0 saturated carbocycles. The van der Waals surface area contributed by atoms with Gasteiger partial charge in [-0.05, 0) is 52.7 Å². The SMILES string of the molecule is CC(C)N1CCC(CNN(C)[O-])CC1. The van der Waals surface area contributed by atoms with Gasteiger partial charge in [-0.2, -0.15) is 0 Å². The summed E-state index contributed by atoms with van der Waals surface area (Å²) >= 11 is 0. The lowest BCUT2D eigenvalue weighted by Crippen LogP contribution is -2.42. The molecule has 4 heteroatoms. The highest BCUT2D eigenvalue weighted by atomic mass is 16.5. The number of rotatable bonds is 4. The second-order valence-electron chi connectivity index (χ2n) is 4.43. The second-order valence-corrected chi connectivity index (χ2v) is 4.43. The zero-order valence-corrected chi connectivity index (χ0v) is 9.49. The molecule has 0 spiro atoms. The van der Waals surface area contributed by atoms with Crippen LogP contribution in [-0.4, -0.2) is 42.8 Å². The molecule has 14 heavy (non-hydrogen) atoms. The summed E-state index contributed by atoms with van der Waals surface area (Å²) < 4.78 is 0. The molecule has 1 N–H and O–H groups in total. The summed E-state index contributed by atoms with van der Waals surface area (Å²) in [5, 5.41) is 11.5. The molecule has 0 aromatic rings. The molecule has 1 fully saturated rings. The first kappa shape index (κ1) is 11.9. The highest BCUT2D eigenvalue weighted by molar-refractivity contribution is 4.75. The van der Waals surface area contributed by atoms with Crippen LogP contribution < -0.4 is 5.43 Å². The molecule has 4 nitrogen and oxygen atoms in total. The Kier molecular flexibility index (Phi) is 4.81. The van der Waals surface area contributed by atoms with E-state index in [9.17, 15) is 5.21 Å². The summed E-state index contributed by atoms with van der Waals surface area (Å²) in [6.07, 6.45) is 2.41. The lowest BCUT2D eigenvalue weighted by Gasteiger charge is -2.36. The molecule has 84 valence electrons. The fourth-order valence-corrected chi connectivity index (χ4v) is 1.93. The Labute approximate surface area is 86.8 Å². The van der Waals surface area contributed by atoms with Crippen LogP contribution in [0.15, 0.2) is 0 Å². The van der Waals surface area contributed by atoms with Gasteiger partial charge in [-0.15, -0.1) is 0 Å². The lowest BCUT2D eigenvalue weighted by molar-refractivity contribution is 0.139. The third-order valence-corrected chi connectivity index (χ3v) is 2.98. The molecule has 1 heterocycles. The van der Waals surface area contributed by atoms with Crippen molar-refractivity contribution in [3.8, 4) is 0 Å². The number of likely N-dealkylation sites (tertiary alicyclic amines) is 1. The first-order valence-corrected chi connectivity index (χ1v) is 5.48. The van der Waals surface area contributed by atoms with Crippen LogP contribution in [0.1, 0.15) is 26.7 Å². The number of nitrogens with zero attached hydrogens (tertiary/aromatic N) is 2. The normalized spacial score (nSPS) is 21.0. The van der Waals surface area contributed by atoms with Crippen LogP contribution in [0, 0.1) is 11.1 Å². The van der Waals surface area contributed by atoms with E-state index >= 15 is 0 Å². The number of hydrogen-bond acceptors (Lipinski definition) is 4. The second kappa shape index (κ2) is 5.66. The molecule has 0 radical (unpaired) electrons. The molecule has 0 aromatic heterocycles. The van der Waals surface area contributed by atoms with E-state index in [-0.39, 0.29) is 0 Å². The fourth-order valence-electron chi connectivity index (χ4n) is 1.93. The molecule has 0 unspecified atom stereocenters. The quantitative estimate of drug-likeness (QED) is 0.689. The third kappa shape index (κ3) is 3.92. The van der Waals surface area contributed by atoms with Crippen molar-refractivity contribution in [1.29, 1.82) is 0 Å². The molecular formula is C10H22N3O-. The van der Waals surface area contributed by atoms with Gasteiger partial charge in [-0.25, -0.2) is 0 Å². The van der Waals surface area contributed by atoms with Crippen molar-refractivity contribution in [3.05, 3.63) is 5.21 Å². The standard InChI is InChI=1S/C10H22N3O/c1-9(2)13-6-4-10(5-7-13)8-11-12(3)14/h9-11H,4-8H2,1-3H3/q-1. The van der Waals surface area contributed by atoms with Gasteiger partial charge >= 0.3 is 0 Å². The predicted octanol–water partition coefficient (Wildman–Crippen LogP) is 1.04. The van der Waals surface area contributed by atoms with Crippen LogP contribution in [0.4, 0.5) is 0 Å². The van der Waals surface area contributed by atoms with E-state index in [2.05, 4.69) is 24.2 Å². The minimum Gasteiger partial charge on any atom is -0.772 e. The molecular weight excluding hydrogens is 178 g/mol. The number of hydroxylamine groups is 1. The van der Waals surface area contributed by atoms with Crippen LogP contribution in [0.25, 0.3) is 0 Å². The Morgan fingerprint density at radius 3 is 2.43 bits per heavy atom. The molecule has 1 aliphatic rings. The number of piperidine rings is 1. The number of hydrogen-bond donors (Lipinski definition) is 1. The minimum absolute atomic E-state index is 0.658. The summed E-state index contributed by atoms with van der Waals surface area (Å²) in [6.45, 7) is 7.65. The van der Waals surface area contributed by atoms with Crippen LogP contribution >= 0.6 is 0 Å². The molecule has 0 bridgehead atoms. The lowest BCUT2D eigenvalue weighted by atomic mass is 9.96. The Morgan fingerprint density at radius 1 is 1.43 bits per heavy atom. The minimum atomic E-state index is 0.658. The number of hydrazine groups is 1. The van der Waals surface area contributed by atoms with Crippen molar-refractivity contribution < 1.29 is 0 Å². The summed E-state index contributed by atoms with van der Waals surface area (Å²) in [6, 6.07) is 0.658. The van der Waals surface area contributed by atoms with Crippen molar-refractivity contribution >= 4 is 0 Å². The van der Waals surface area contributed by atoms with E-state index in [4.69, 9.17) is 0 Å². The van der Waals surface area contributed by atoms with Gasteiger partial charge in [-0.1, -0.05) is 0 Å². The van der Waals surface area contributed by atoms with Crippen molar-refractivity contribution in [2.45, 2.75) is 32.7 Å². The monoisotopic (exact) mass is 200 g/mol. The van der Waals surface area contributed by atoms with Gasteiger partial charge in [0.2, 0.25) is 0 Å². The van der Waals surface area contributed by atoms with Gasteiger partial charge in [0, 0.05) is 12.6 Å². The summed E-state index contributed by atoms with van der Waals surface area (Å²) in [4.78, 5) is 2.50. The number of nitrogens with one attached hydrogen (secondary N) is 1. The topological polar surface area (TPSA) is 41.6 Å². The van der Waals surface area contributed by atoms with Gasteiger partial charge in [0.25, 0.3) is 0 Å². The van der Waals surface area contributed by atoms with Crippen molar-refractivity contribution in [3.63, 3.8) is 0 Å². The first-order chi connectivity index (χ1) is 6.59. The highest BCUT2D eigenvalue weighted by Gasteiger charge is 2.20. The third-order valence-electron chi connectivity index (χ3n) is 2.98. The zero-order chi connectivity index (χ0) is 10.6. The molecule has 0 atom stereocenters. The van der Waals surface area contributed by atoms with E-state index in [1.807, 2.05) is 0 Å². The van der Waals surface area contributed by atoms with Crippen molar-refractivity contribution in [1.82, 2.24) is 15.5 Å². The van der Waals surface area contributed by atoms with Crippen LogP contribution in [0.5, 0.6) is 0 Å². The average molecular weight is 200 g/mol. The highest BCUT2D eigenvalue weighted by Crippen LogP contribution is 2.17. The summed E-state index contributed by atoms with van der Waals surface area (Å²) in [7, 11) is 1.50. The van der Waals surface area contributed by atoms with E-state index in [1.54, 1.807) is 0 Å². The maximum Gasteiger partial charge on any atom is 0.0122 e. The predicted molar refractivity (Wildman–Crippen MR) is 58.6 cm³/mol. The van der Waals surface area contributed by atoms with Crippen LogP contribution in [-0.2, 0) is 0 Å². The Hall–Kier alpha value is -0.160. The van der Waals surface area contributed by atoms with Gasteiger partial charge < -0.3 is 15.3 Å². The van der Waals surface area contributed by atoms with E-state index < -0.39 is 0 Å². The first-order valence-electron chi connectivity index (χ1n) is 5.48. The Morgan fingerprint density at radius 2 is 2.00 bits per heavy atom. The molecule has 0 aliphatic carbocycles. The zero-order valence-electron chi connectivity index (χ0n) is 9.49. The largest absolute Gasteiger partial charge is 0.772 e. The van der Waals surface area contributed by atoms with Gasteiger partial charge in [-0.3, -0.25) is 5.43 Å². The smallest absolute Gasteiger partial charge is 0.0122 e. The van der Waals surface area contributed by atoms with E-state index in [1.165, 1.54) is 33.0 Å². The maximum absolute atomic E-state index is 10.7. The van der Waals surface area contributed by atoms with Gasteiger partial charge in [0.15, 0.2) is 0 Å². The molecule has 1 aliphatic heterocycles. The van der Waals surface area contributed by atoms with Crippen LogP contribution in [0.3, 0.4) is 0 Å². The van der Waals surface area contributed by atoms with Gasteiger partial charge in [0.05, 0.1) is 0 Å². The van der Waals surface area contributed by atoms with E-state index in [0.717, 1.165) is 11.7 Å². The summed E-state index contributed by atoms with van der Waals surface area (Å²) in [5.41, 5.74) is 2.82. The van der Waals surface area contributed by atoms with E-state index in [0.29, 0.717) is 12.0 Å². The summed E-state index contributed by atoms with van der Waals surface area (Å²) in [5.74, 6) is 0.668. The molecule has 0 amide bonds. The van der Waals surface area contributed by atoms with Crippen molar-refractivity contribution in [2.75, 3.05) is 26.7 Å². The Bertz CT molecular complexity index is 153. The van der Waals surface area contributed by atoms with Crippen LogP contribution in [0.2, 0.25) is 0 Å². The van der Waals surface area contributed by atoms with Crippen molar-refractivity contribution in [2.24, 2.45) is 5.92 Å². The molecule has 1 saturated heterocycles. The molecule has 1 rings (SSSR count). The average Bonchev–Trinajstić information content (AvgIpc) is 2.15. The van der Waals surface area contributed by atoms with Gasteiger partial charge in [0.1, 0.15) is 0 Å². The Balaban J connectivity index is 2.16. The maximum atomic E-state index is 10.7.